The summed E-state index contributed by atoms with van der Waals surface area (Å²) in [5.41, 5.74) is 0.647. The smallest absolute Gasteiger partial charge is 0.494 e. The van der Waals surface area contributed by atoms with Crippen LogP contribution in [0.4, 0.5) is 0 Å². The van der Waals surface area contributed by atoms with E-state index >= 15 is 0 Å². The van der Waals surface area contributed by atoms with Crippen molar-refractivity contribution in [1.29, 1.82) is 0 Å². The summed E-state index contributed by atoms with van der Waals surface area (Å²) in [5, 5.41) is 11.1. The molecule has 0 spiro atoms. The van der Waals surface area contributed by atoms with E-state index in [9.17, 15) is 5.11 Å². The number of hydrogen-bond donors (Lipinski definition) is 1. The van der Waals surface area contributed by atoms with Crippen molar-refractivity contribution in [2.24, 2.45) is 0 Å². The van der Waals surface area contributed by atoms with Crippen LogP contribution in [0.3, 0.4) is 0 Å². The molecule has 2 aromatic carbocycles. The molecule has 0 amide bonds. The normalized spacial score (nSPS) is 20.7. The fourth-order valence-corrected chi connectivity index (χ4v) is 3.04. The Morgan fingerprint density at radius 2 is 1.50 bits per heavy atom. The van der Waals surface area contributed by atoms with E-state index in [1.807, 2.05) is 76.2 Å². The quantitative estimate of drug-likeness (QED) is 0.857. The van der Waals surface area contributed by atoms with E-state index in [0.717, 1.165) is 22.3 Å². The van der Waals surface area contributed by atoms with Crippen LogP contribution in [-0.4, -0.2) is 30.5 Å². The van der Waals surface area contributed by atoms with Crippen LogP contribution in [-0.2, 0) is 14.9 Å². The Kier molecular flexibility index (Phi) is 4.68. The standard InChI is InChI=1S/C21H27BO4/c1-19(2)20(3,4)26-22(25-19)17-12-10-15(11-13-17)21(5,23)16-8-7-9-18(14-16)24-6/h7-14,23H,1-6H3. The first-order valence-electron chi connectivity index (χ1n) is 8.90. The third kappa shape index (κ3) is 3.27. The van der Waals surface area contributed by atoms with Crippen LogP contribution in [0, 0.1) is 0 Å². The third-order valence-corrected chi connectivity index (χ3v) is 5.63. The lowest BCUT2D eigenvalue weighted by Gasteiger charge is -2.32. The van der Waals surface area contributed by atoms with Crippen LogP contribution in [0.15, 0.2) is 48.5 Å². The number of methoxy groups -OCH3 is 1. The summed E-state index contributed by atoms with van der Waals surface area (Å²) in [6, 6.07) is 15.2. The zero-order valence-electron chi connectivity index (χ0n) is 16.4. The molecule has 0 aromatic heterocycles. The van der Waals surface area contributed by atoms with Gasteiger partial charge >= 0.3 is 7.12 Å². The summed E-state index contributed by atoms with van der Waals surface area (Å²) < 4.78 is 17.4. The molecule has 0 bridgehead atoms. The van der Waals surface area contributed by atoms with Crippen molar-refractivity contribution < 1.29 is 19.2 Å². The first-order chi connectivity index (χ1) is 12.1. The van der Waals surface area contributed by atoms with Crippen LogP contribution < -0.4 is 10.2 Å². The molecule has 3 rings (SSSR count). The Morgan fingerprint density at radius 1 is 0.923 bits per heavy atom. The number of ether oxygens (including phenoxy) is 1. The topological polar surface area (TPSA) is 47.9 Å². The molecule has 26 heavy (non-hydrogen) atoms. The third-order valence-electron chi connectivity index (χ3n) is 5.63. The molecule has 1 atom stereocenters. The van der Waals surface area contributed by atoms with Gasteiger partial charge in [0, 0.05) is 0 Å². The van der Waals surface area contributed by atoms with Gasteiger partial charge in [-0.3, -0.25) is 0 Å². The molecule has 138 valence electrons. The van der Waals surface area contributed by atoms with Crippen molar-refractivity contribution in [1.82, 2.24) is 0 Å². The molecule has 2 aromatic rings. The first kappa shape index (κ1) is 19.0. The van der Waals surface area contributed by atoms with Gasteiger partial charge in [0.25, 0.3) is 0 Å². The zero-order chi connectivity index (χ0) is 19.2. The van der Waals surface area contributed by atoms with E-state index in [1.54, 1.807) is 14.0 Å². The number of benzene rings is 2. The maximum Gasteiger partial charge on any atom is 0.494 e. The fraction of sp³-hybridized carbons (Fsp3) is 0.429. The Hall–Kier alpha value is -1.82. The highest BCUT2D eigenvalue weighted by Crippen LogP contribution is 2.37. The van der Waals surface area contributed by atoms with E-state index in [-0.39, 0.29) is 11.2 Å². The molecule has 1 N–H and O–H groups in total. The van der Waals surface area contributed by atoms with Crippen molar-refractivity contribution >= 4 is 12.6 Å². The largest absolute Gasteiger partial charge is 0.497 e. The lowest BCUT2D eigenvalue weighted by molar-refractivity contribution is 0.00578. The highest BCUT2D eigenvalue weighted by Gasteiger charge is 2.51. The number of rotatable bonds is 4. The van der Waals surface area contributed by atoms with Gasteiger partial charge in [0.05, 0.1) is 18.3 Å². The van der Waals surface area contributed by atoms with Gasteiger partial charge in [0.1, 0.15) is 11.4 Å². The average Bonchev–Trinajstić information content (AvgIpc) is 2.83. The molecule has 1 aliphatic rings. The van der Waals surface area contributed by atoms with Crippen molar-refractivity contribution in [3.63, 3.8) is 0 Å². The van der Waals surface area contributed by atoms with Gasteiger partial charge in [-0.05, 0) is 63.3 Å². The molecule has 5 heteroatoms. The second-order valence-electron chi connectivity index (χ2n) is 8.01. The number of aliphatic hydroxyl groups is 1. The highest BCUT2D eigenvalue weighted by molar-refractivity contribution is 6.62. The minimum absolute atomic E-state index is 0.373. The Morgan fingerprint density at radius 3 is 2.04 bits per heavy atom. The molecule has 1 aliphatic heterocycles. The van der Waals surface area contributed by atoms with Crippen LogP contribution in [0.2, 0.25) is 0 Å². The van der Waals surface area contributed by atoms with E-state index < -0.39 is 12.7 Å². The maximum absolute atomic E-state index is 11.1. The molecular weight excluding hydrogens is 327 g/mol. The van der Waals surface area contributed by atoms with E-state index in [4.69, 9.17) is 14.0 Å². The van der Waals surface area contributed by atoms with Gasteiger partial charge in [0.15, 0.2) is 0 Å². The van der Waals surface area contributed by atoms with Crippen molar-refractivity contribution in [3.05, 3.63) is 59.7 Å². The average molecular weight is 354 g/mol. The van der Waals surface area contributed by atoms with Crippen LogP contribution >= 0.6 is 0 Å². The molecule has 1 fully saturated rings. The Bertz CT molecular complexity index is 765. The summed E-state index contributed by atoms with van der Waals surface area (Å²) in [6.45, 7) is 9.93. The maximum atomic E-state index is 11.1. The molecular formula is C21H27BO4. The second kappa shape index (κ2) is 6.41. The minimum atomic E-state index is -1.12. The fourth-order valence-electron chi connectivity index (χ4n) is 3.04. The van der Waals surface area contributed by atoms with E-state index in [1.165, 1.54) is 0 Å². The first-order valence-corrected chi connectivity index (χ1v) is 8.90. The lowest BCUT2D eigenvalue weighted by atomic mass is 9.77. The molecule has 1 heterocycles. The molecule has 0 radical (unpaired) electrons. The summed E-state index contributed by atoms with van der Waals surface area (Å²) in [4.78, 5) is 0. The van der Waals surface area contributed by atoms with Crippen LogP contribution in [0.1, 0.15) is 45.7 Å². The summed E-state index contributed by atoms with van der Waals surface area (Å²) in [6.07, 6.45) is 0. The van der Waals surface area contributed by atoms with Crippen molar-refractivity contribution in [2.45, 2.75) is 51.4 Å². The van der Waals surface area contributed by atoms with Crippen molar-refractivity contribution in [3.8, 4) is 5.75 Å². The van der Waals surface area contributed by atoms with Gasteiger partial charge in [-0.2, -0.15) is 0 Å². The van der Waals surface area contributed by atoms with E-state index in [2.05, 4.69) is 0 Å². The summed E-state index contributed by atoms with van der Waals surface area (Å²) in [7, 11) is 1.21. The molecule has 0 saturated carbocycles. The van der Waals surface area contributed by atoms with Gasteiger partial charge < -0.3 is 19.2 Å². The second-order valence-corrected chi connectivity index (χ2v) is 8.01. The predicted molar refractivity (Wildman–Crippen MR) is 104 cm³/mol. The van der Waals surface area contributed by atoms with Gasteiger partial charge in [-0.1, -0.05) is 36.4 Å². The monoisotopic (exact) mass is 354 g/mol. The molecule has 4 nitrogen and oxygen atoms in total. The summed E-state index contributed by atoms with van der Waals surface area (Å²) >= 11 is 0. The van der Waals surface area contributed by atoms with Crippen molar-refractivity contribution in [2.75, 3.05) is 7.11 Å². The van der Waals surface area contributed by atoms with Crippen LogP contribution in [0.5, 0.6) is 5.75 Å². The summed E-state index contributed by atoms with van der Waals surface area (Å²) in [5.74, 6) is 0.719. The van der Waals surface area contributed by atoms with Gasteiger partial charge in [-0.15, -0.1) is 0 Å². The highest BCUT2D eigenvalue weighted by atomic mass is 16.7. The SMILES string of the molecule is COc1cccc(C(C)(O)c2ccc(B3OC(C)(C)C(C)(C)O3)cc2)c1. The minimum Gasteiger partial charge on any atom is -0.497 e. The lowest BCUT2D eigenvalue weighted by Crippen LogP contribution is -2.41. The van der Waals surface area contributed by atoms with Gasteiger partial charge in [0.2, 0.25) is 0 Å². The van der Waals surface area contributed by atoms with Crippen LogP contribution in [0.25, 0.3) is 0 Å². The molecule has 1 unspecified atom stereocenters. The predicted octanol–water partition coefficient (Wildman–Crippen LogP) is 3.25. The Labute approximate surface area is 156 Å². The molecule has 1 saturated heterocycles. The van der Waals surface area contributed by atoms with Gasteiger partial charge in [-0.25, -0.2) is 0 Å². The van der Waals surface area contributed by atoms with E-state index in [0.29, 0.717) is 0 Å². The Balaban J connectivity index is 1.85. The molecule has 0 aliphatic carbocycles. The number of hydrogen-bond acceptors (Lipinski definition) is 4. The zero-order valence-corrected chi connectivity index (χ0v) is 16.4.